The van der Waals surface area contributed by atoms with Gasteiger partial charge >= 0.3 is 0 Å². The Balaban J connectivity index is 1.74. The fourth-order valence-electron chi connectivity index (χ4n) is 2.60. The Morgan fingerprint density at radius 3 is 2.78 bits per heavy atom. The molecule has 1 aromatic heterocycles. The average molecular weight is 368 g/mol. The molecule has 3 rings (SSSR count). The number of hydrogen-bond donors (Lipinski definition) is 1. The second kappa shape index (κ2) is 8.68. The number of fused-ring (bicyclic) bond motifs is 1. The Morgan fingerprint density at radius 1 is 1.19 bits per heavy atom. The number of nitrogens with one attached hydrogen (secondary N) is 1. The molecule has 27 heavy (non-hydrogen) atoms. The molecule has 0 saturated carbocycles. The van der Waals surface area contributed by atoms with E-state index in [1.807, 2.05) is 32.9 Å². The Kier molecular flexibility index (Phi) is 6.08. The lowest BCUT2D eigenvalue weighted by molar-refractivity contribution is 0.0998. The molecule has 0 spiro atoms. The Labute approximate surface area is 158 Å². The van der Waals surface area contributed by atoms with Gasteiger partial charge in [-0.15, -0.1) is 0 Å². The number of carbonyl (C=O) groups is 1. The molecular weight excluding hydrogens is 344 g/mol. The third-order valence-electron chi connectivity index (χ3n) is 3.98. The SMILES string of the molecule is CCOCCOc1ccccc1C(=O)Nc1ccc2oc(C(C)C)nc2c1. The van der Waals surface area contributed by atoms with Crippen molar-refractivity contribution in [2.75, 3.05) is 25.1 Å². The molecule has 0 aliphatic heterocycles. The lowest BCUT2D eigenvalue weighted by atomic mass is 10.2. The summed E-state index contributed by atoms with van der Waals surface area (Å²) in [6, 6.07) is 12.6. The van der Waals surface area contributed by atoms with Gasteiger partial charge in [-0.1, -0.05) is 26.0 Å². The van der Waals surface area contributed by atoms with Gasteiger partial charge in [0.1, 0.15) is 17.9 Å². The minimum atomic E-state index is -0.242. The largest absolute Gasteiger partial charge is 0.490 e. The van der Waals surface area contributed by atoms with Crippen molar-refractivity contribution in [3.63, 3.8) is 0 Å². The summed E-state index contributed by atoms with van der Waals surface area (Å²) in [5, 5.41) is 2.90. The van der Waals surface area contributed by atoms with Crippen LogP contribution in [0.3, 0.4) is 0 Å². The maximum Gasteiger partial charge on any atom is 0.259 e. The summed E-state index contributed by atoms with van der Waals surface area (Å²) in [5.74, 6) is 1.17. The van der Waals surface area contributed by atoms with E-state index < -0.39 is 0 Å². The molecule has 0 aliphatic carbocycles. The summed E-state index contributed by atoms with van der Waals surface area (Å²) in [6.07, 6.45) is 0. The number of oxazole rings is 1. The van der Waals surface area contributed by atoms with Crippen LogP contribution in [0.15, 0.2) is 46.9 Å². The van der Waals surface area contributed by atoms with Crippen LogP contribution in [0.4, 0.5) is 5.69 Å². The molecular formula is C21H24N2O4. The number of benzene rings is 2. The van der Waals surface area contributed by atoms with Crippen molar-refractivity contribution >= 4 is 22.7 Å². The molecule has 3 aromatic rings. The normalized spacial score (nSPS) is 11.1. The van der Waals surface area contributed by atoms with E-state index in [1.54, 1.807) is 30.3 Å². The first-order valence-electron chi connectivity index (χ1n) is 9.10. The number of para-hydroxylation sites is 1. The van der Waals surface area contributed by atoms with Crippen molar-refractivity contribution in [1.29, 1.82) is 0 Å². The number of aromatic nitrogens is 1. The summed E-state index contributed by atoms with van der Waals surface area (Å²) >= 11 is 0. The molecule has 2 aromatic carbocycles. The van der Waals surface area contributed by atoms with Crippen molar-refractivity contribution in [3.05, 3.63) is 53.9 Å². The van der Waals surface area contributed by atoms with E-state index in [4.69, 9.17) is 13.9 Å². The second-order valence-corrected chi connectivity index (χ2v) is 6.38. The molecule has 1 heterocycles. The average Bonchev–Trinajstić information content (AvgIpc) is 3.09. The van der Waals surface area contributed by atoms with Crippen molar-refractivity contribution in [1.82, 2.24) is 4.98 Å². The smallest absolute Gasteiger partial charge is 0.259 e. The minimum absolute atomic E-state index is 0.205. The van der Waals surface area contributed by atoms with E-state index in [2.05, 4.69) is 10.3 Å². The maximum absolute atomic E-state index is 12.7. The summed E-state index contributed by atoms with van der Waals surface area (Å²) in [7, 11) is 0. The molecule has 142 valence electrons. The minimum Gasteiger partial charge on any atom is -0.490 e. The number of amides is 1. The van der Waals surface area contributed by atoms with Gasteiger partial charge in [0.2, 0.25) is 0 Å². The molecule has 0 bridgehead atoms. The number of rotatable bonds is 8. The van der Waals surface area contributed by atoms with E-state index in [9.17, 15) is 4.79 Å². The Hall–Kier alpha value is -2.86. The zero-order valence-electron chi connectivity index (χ0n) is 15.8. The van der Waals surface area contributed by atoms with Crippen LogP contribution in [0, 0.1) is 0 Å². The molecule has 0 aliphatic rings. The van der Waals surface area contributed by atoms with Crippen LogP contribution in [-0.4, -0.2) is 30.7 Å². The van der Waals surface area contributed by atoms with E-state index in [0.29, 0.717) is 48.3 Å². The predicted octanol–water partition coefficient (Wildman–Crippen LogP) is 4.62. The predicted molar refractivity (Wildman–Crippen MR) is 104 cm³/mol. The molecule has 0 atom stereocenters. The number of carbonyl (C=O) groups excluding carboxylic acids is 1. The van der Waals surface area contributed by atoms with Gasteiger partial charge in [-0.3, -0.25) is 4.79 Å². The zero-order chi connectivity index (χ0) is 19.2. The van der Waals surface area contributed by atoms with Crippen LogP contribution in [0.5, 0.6) is 5.75 Å². The fourth-order valence-corrected chi connectivity index (χ4v) is 2.60. The fraction of sp³-hybridized carbons (Fsp3) is 0.333. The summed E-state index contributed by atoms with van der Waals surface area (Å²) in [6.45, 7) is 7.48. The van der Waals surface area contributed by atoms with Gasteiger partial charge in [0.15, 0.2) is 11.5 Å². The first-order chi connectivity index (χ1) is 13.1. The van der Waals surface area contributed by atoms with Crippen LogP contribution in [0.2, 0.25) is 0 Å². The van der Waals surface area contributed by atoms with Crippen LogP contribution in [0.1, 0.15) is 42.9 Å². The maximum atomic E-state index is 12.7. The van der Waals surface area contributed by atoms with Crippen molar-refractivity contribution in [2.45, 2.75) is 26.7 Å². The highest BCUT2D eigenvalue weighted by Gasteiger charge is 2.14. The molecule has 1 N–H and O–H groups in total. The molecule has 0 radical (unpaired) electrons. The third kappa shape index (κ3) is 4.65. The highest BCUT2D eigenvalue weighted by Crippen LogP contribution is 2.25. The van der Waals surface area contributed by atoms with Crippen molar-refractivity contribution in [2.24, 2.45) is 0 Å². The number of anilines is 1. The first kappa shape index (κ1) is 18.9. The van der Waals surface area contributed by atoms with Gasteiger partial charge < -0.3 is 19.2 Å². The van der Waals surface area contributed by atoms with Crippen LogP contribution >= 0.6 is 0 Å². The van der Waals surface area contributed by atoms with E-state index >= 15 is 0 Å². The number of ether oxygens (including phenoxy) is 2. The lowest BCUT2D eigenvalue weighted by Crippen LogP contribution is -2.15. The molecule has 1 amide bonds. The molecule has 0 saturated heterocycles. The Bertz CT molecular complexity index is 917. The van der Waals surface area contributed by atoms with Gasteiger partial charge in [0.05, 0.1) is 12.2 Å². The first-order valence-corrected chi connectivity index (χ1v) is 9.10. The van der Waals surface area contributed by atoms with Gasteiger partial charge in [-0.05, 0) is 37.3 Å². The molecule has 6 nitrogen and oxygen atoms in total. The van der Waals surface area contributed by atoms with Gasteiger partial charge in [0.25, 0.3) is 5.91 Å². The van der Waals surface area contributed by atoms with Gasteiger partial charge in [-0.25, -0.2) is 4.98 Å². The van der Waals surface area contributed by atoms with Crippen molar-refractivity contribution < 1.29 is 18.7 Å². The van der Waals surface area contributed by atoms with Crippen LogP contribution in [-0.2, 0) is 4.74 Å². The third-order valence-corrected chi connectivity index (χ3v) is 3.98. The van der Waals surface area contributed by atoms with E-state index in [-0.39, 0.29) is 11.8 Å². The van der Waals surface area contributed by atoms with E-state index in [1.165, 1.54) is 0 Å². The molecule has 0 unspecified atom stereocenters. The van der Waals surface area contributed by atoms with Crippen LogP contribution in [0.25, 0.3) is 11.1 Å². The van der Waals surface area contributed by atoms with Crippen molar-refractivity contribution in [3.8, 4) is 5.75 Å². The van der Waals surface area contributed by atoms with E-state index in [0.717, 1.165) is 5.52 Å². The number of hydrogen-bond acceptors (Lipinski definition) is 5. The number of nitrogens with zero attached hydrogens (tertiary/aromatic N) is 1. The standard InChI is InChI=1S/C21H24N2O4/c1-4-25-11-12-26-18-8-6-5-7-16(18)20(24)22-15-9-10-19-17(13-15)23-21(27-19)14(2)3/h5-10,13-14H,4,11-12H2,1-3H3,(H,22,24). The topological polar surface area (TPSA) is 73.6 Å². The summed E-state index contributed by atoms with van der Waals surface area (Å²) in [4.78, 5) is 17.2. The Morgan fingerprint density at radius 2 is 2.00 bits per heavy atom. The zero-order valence-corrected chi connectivity index (χ0v) is 15.8. The highest BCUT2D eigenvalue weighted by molar-refractivity contribution is 6.06. The summed E-state index contributed by atoms with van der Waals surface area (Å²) in [5.41, 5.74) is 2.55. The summed E-state index contributed by atoms with van der Waals surface area (Å²) < 4.78 is 16.7. The molecule has 6 heteroatoms. The lowest BCUT2D eigenvalue weighted by Gasteiger charge is -2.11. The molecule has 0 fully saturated rings. The highest BCUT2D eigenvalue weighted by atomic mass is 16.5. The van der Waals surface area contributed by atoms with Gasteiger partial charge in [0, 0.05) is 18.2 Å². The quantitative estimate of drug-likeness (QED) is 0.587. The van der Waals surface area contributed by atoms with Gasteiger partial charge in [-0.2, -0.15) is 0 Å². The second-order valence-electron chi connectivity index (χ2n) is 6.38. The monoisotopic (exact) mass is 368 g/mol. The van der Waals surface area contributed by atoms with Crippen LogP contribution < -0.4 is 10.1 Å².